The van der Waals surface area contributed by atoms with Gasteiger partial charge in [-0.15, -0.1) is 0 Å². The van der Waals surface area contributed by atoms with Crippen molar-refractivity contribution in [3.8, 4) is 0 Å². The summed E-state index contributed by atoms with van der Waals surface area (Å²) >= 11 is 0. The number of benzene rings is 2. The van der Waals surface area contributed by atoms with Crippen molar-refractivity contribution >= 4 is 22.6 Å². The molecule has 3 rings (SSSR count). The number of hydrogen-bond donors (Lipinski definition) is 3. The van der Waals surface area contributed by atoms with Gasteiger partial charge in [0.25, 0.3) is 0 Å². The molecule has 1 aromatic heterocycles. The lowest BCUT2D eigenvalue weighted by atomic mass is 9.87. The summed E-state index contributed by atoms with van der Waals surface area (Å²) in [4.78, 5) is 31.4. The van der Waals surface area contributed by atoms with Crippen LogP contribution in [0, 0.1) is 0 Å². The summed E-state index contributed by atoms with van der Waals surface area (Å²) in [6.07, 6.45) is 0. The number of aromatic nitrogens is 2. The van der Waals surface area contributed by atoms with Crippen LogP contribution < -0.4 is 11.0 Å². The molecule has 1 atom stereocenters. The van der Waals surface area contributed by atoms with Gasteiger partial charge in [-0.2, -0.15) is 0 Å². The number of hydrogen-bond acceptors (Lipinski definition) is 3. The molecule has 6 nitrogen and oxygen atoms in total. The van der Waals surface area contributed by atoms with Gasteiger partial charge in [0.2, 0.25) is 5.91 Å². The van der Waals surface area contributed by atoms with Crippen molar-refractivity contribution in [1.82, 2.24) is 14.9 Å². The molecule has 0 saturated heterocycles. The molecule has 28 heavy (non-hydrogen) atoms. The molecule has 1 amide bonds. The number of H-pyrrole nitrogens is 2. The van der Waals surface area contributed by atoms with E-state index >= 15 is 0 Å². The average molecular weight is 380 g/mol. The number of aromatic amines is 2. The minimum absolute atomic E-state index is 0.0916. The van der Waals surface area contributed by atoms with Crippen LogP contribution in [0.5, 0.6) is 0 Å². The molecule has 0 aliphatic rings. The Morgan fingerprint density at radius 2 is 1.71 bits per heavy atom. The third-order valence-electron chi connectivity index (χ3n) is 5.08. The SMILES string of the molecule is CC(C(=O)Nc1ccc2[nH]c(=O)[nH]c2c1)N(C)Cc1ccc(C(C)(C)C)cc1. The van der Waals surface area contributed by atoms with Gasteiger partial charge in [-0.05, 0) is 48.7 Å². The Morgan fingerprint density at radius 3 is 2.36 bits per heavy atom. The summed E-state index contributed by atoms with van der Waals surface area (Å²) in [7, 11) is 1.94. The number of amides is 1. The van der Waals surface area contributed by atoms with Gasteiger partial charge >= 0.3 is 5.69 Å². The van der Waals surface area contributed by atoms with Crippen LogP contribution in [0.4, 0.5) is 5.69 Å². The van der Waals surface area contributed by atoms with Gasteiger partial charge in [-0.1, -0.05) is 45.0 Å². The zero-order chi connectivity index (χ0) is 20.5. The number of anilines is 1. The molecule has 1 unspecified atom stereocenters. The van der Waals surface area contributed by atoms with Gasteiger partial charge in [-0.25, -0.2) is 4.79 Å². The van der Waals surface area contributed by atoms with Crippen molar-refractivity contribution in [2.45, 2.75) is 45.7 Å². The van der Waals surface area contributed by atoms with E-state index in [4.69, 9.17) is 0 Å². The second-order valence-corrected chi connectivity index (χ2v) is 8.37. The van der Waals surface area contributed by atoms with Crippen LogP contribution in [0.1, 0.15) is 38.8 Å². The third-order valence-corrected chi connectivity index (χ3v) is 5.08. The quantitative estimate of drug-likeness (QED) is 0.632. The highest BCUT2D eigenvalue weighted by atomic mass is 16.2. The first-order chi connectivity index (χ1) is 13.1. The molecule has 2 aromatic carbocycles. The van der Waals surface area contributed by atoms with Gasteiger partial charge in [0.1, 0.15) is 0 Å². The van der Waals surface area contributed by atoms with Crippen LogP contribution in [0.3, 0.4) is 0 Å². The van der Waals surface area contributed by atoms with Crippen molar-refractivity contribution in [1.29, 1.82) is 0 Å². The highest BCUT2D eigenvalue weighted by Crippen LogP contribution is 2.22. The molecule has 148 valence electrons. The second-order valence-electron chi connectivity index (χ2n) is 8.37. The van der Waals surface area contributed by atoms with Crippen LogP contribution in [0.25, 0.3) is 11.0 Å². The van der Waals surface area contributed by atoms with Gasteiger partial charge < -0.3 is 15.3 Å². The lowest BCUT2D eigenvalue weighted by Gasteiger charge is -2.25. The van der Waals surface area contributed by atoms with Gasteiger partial charge in [0.15, 0.2) is 0 Å². The summed E-state index contributed by atoms with van der Waals surface area (Å²) in [6.45, 7) is 9.15. The fraction of sp³-hybridized carbons (Fsp3) is 0.364. The van der Waals surface area contributed by atoms with Crippen LogP contribution in [-0.2, 0) is 16.8 Å². The van der Waals surface area contributed by atoms with Crippen molar-refractivity contribution in [3.05, 3.63) is 64.1 Å². The Bertz CT molecular complexity index is 1030. The molecular formula is C22H28N4O2. The Labute approximate surface area is 165 Å². The number of carbonyl (C=O) groups excluding carboxylic acids is 1. The lowest BCUT2D eigenvalue weighted by molar-refractivity contribution is -0.120. The van der Waals surface area contributed by atoms with E-state index in [1.54, 1.807) is 18.2 Å². The standard InChI is InChI=1S/C22H28N4O2/c1-14(26(5)13-15-6-8-16(9-7-15)22(2,3)4)20(27)23-17-10-11-18-19(12-17)25-21(28)24-18/h6-12,14H,13H2,1-5H3,(H,23,27)(H2,24,25,28). The van der Waals surface area contributed by atoms with Crippen molar-refractivity contribution in [2.24, 2.45) is 0 Å². The van der Waals surface area contributed by atoms with E-state index in [1.807, 2.05) is 18.9 Å². The Balaban J connectivity index is 1.63. The minimum Gasteiger partial charge on any atom is -0.325 e. The van der Waals surface area contributed by atoms with Crippen molar-refractivity contribution < 1.29 is 4.79 Å². The average Bonchev–Trinajstić information content (AvgIpc) is 3.00. The number of nitrogens with one attached hydrogen (secondary N) is 3. The molecule has 1 heterocycles. The molecule has 0 aliphatic heterocycles. The predicted octanol–water partition coefficient (Wildman–Crippen LogP) is 3.61. The Hall–Kier alpha value is -2.86. The molecule has 0 aliphatic carbocycles. The first-order valence-electron chi connectivity index (χ1n) is 9.46. The Morgan fingerprint density at radius 1 is 1.07 bits per heavy atom. The summed E-state index contributed by atoms with van der Waals surface area (Å²) < 4.78 is 0. The molecule has 0 spiro atoms. The number of nitrogens with zero attached hydrogens (tertiary/aromatic N) is 1. The fourth-order valence-corrected chi connectivity index (χ4v) is 3.09. The number of rotatable bonds is 5. The maximum atomic E-state index is 12.6. The van der Waals surface area contributed by atoms with Gasteiger partial charge in [-0.3, -0.25) is 9.69 Å². The van der Waals surface area contributed by atoms with E-state index in [-0.39, 0.29) is 23.1 Å². The van der Waals surface area contributed by atoms with Crippen molar-refractivity contribution in [2.75, 3.05) is 12.4 Å². The molecule has 3 N–H and O–H groups in total. The third kappa shape index (κ3) is 4.51. The molecule has 0 bridgehead atoms. The van der Waals surface area contributed by atoms with Crippen LogP contribution in [0.15, 0.2) is 47.3 Å². The number of fused-ring (bicyclic) bond motifs is 1. The van der Waals surface area contributed by atoms with Gasteiger partial charge in [0.05, 0.1) is 17.1 Å². The van der Waals surface area contributed by atoms with Gasteiger partial charge in [0, 0.05) is 12.2 Å². The maximum absolute atomic E-state index is 12.6. The number of likely N-dealkylation sites (N-methyl/N-ethyl adjacent to an activating group) is 1. The summed E-state index contributed by atoms with van der Waals surface area (Å²) in [5, 5.41) is 2.92. The normalized spacial score (nSPS) is 13.1. The smallest absolute Gasteiger partial charge is 0.323 e. The largest absolute Gasteiger partial charge is 0.325 e. The van der Waals surface area contributed by atoms with Crippen molar-refractivity contribution in [3.63, 3.8) is 0 Å². The maximum Gasteiger partial charge on any atom is 0.323 e. The van der Waals surface area contributed by atoms with E-state index in [0.29, 0.717) is 23.3 Å². The molecular weight excluding hydrogens is 352 g/mol. The van der Waals surface area contributed by atoms with E-state index in [9.17, 15) is 9.59 Å². The second kappa shape index (κ2) is 7.64. The van der Waals surface area contributed by atoms with E-state index in [0.717, 1.165) is 0 Å². The van der Waals surface area contributed by atoms with Crippen LogP contribution in [0.2, 0.25) is 0 Å². The Kier molecular flexibility index (Phi) is 5.42. The summed E-state index contributed by atoms with van der Waals surface area (Å²) in [5.74, 6) is -0.0916. The van der Waals surface area contributed by atoms with Crippen LogP contribution >= 0.6 is 0 Å². The zero-order valence-corrected chi connectivity index (χ0v) is 17.1. The number of imidazole rings is 1. The topological polar surface area (TPSA) is 81.0 Å². The molecule has 0 fully saturated rings. The summed E-state index contributed by atoms with van der Waals surface area (Å²) in [6, 6.07) is 13.6. The monoisotopic (exact) mass is 380 g/mol. The molecule has 0 saturated carbocycles. The van der Waals surface area contributed by atoms with E-state index in [2.05, 4.69) is 60.3 Å². The molecule has 3 aromatic rings. The lowest BCUT2D eigenvalue weighted by Crippen LogP contribution is -2.39. The first-order valence-corrected chi connectivity index (χ1v) is 9.46. The predicted molar refractivity (Wildman–Crippen MR) is 114 cm³/mol. The minimum atomic E-state index is -0.303. The summed E-state index contributed by atoms with van der Waals surface area (Å²) in [5.41, 5.74) is 4.37. The number of carbonyl (C=O) groups is 1. The van der Waals surface area contributed by atoms with E-state index in [1.165, 1.54) is 11.1 Å². The van der Waals surface area contributed by atoms with Crippen LogP contribution in [-0.4, -0.2) is 33.9 Å². The highest BCUT2D eigenvalue weighted by Gasteiger charge is 2.19. The highest BCUT2D eigenvalue weighted by molar-refractivity contribution is 5.96. The molecule has 0 radical (unpaired) electrons. The molecule has 6 heteroatoms. The first kappa shape index (κ1) is 19.9. The zero-order valence-electron chi connectivity index (χ0n) is 17.1. The van der Waals surface area contributed by atoms with E-state index < -0.39 is 0 Å². The fourth-order valence-electron chi connectivity index (χ4n) is 3.09.